The number of hydrogen-bond donors (Lipinski definition) is 2. The lowest BCUT2D eigenvalue weighted by Crippen LogP contribution is -2.47. The average molecular weight is 219 g/mol. The largest absolute Gasteiger partial charge is 0.396 e. The first kappa shape index (κ1) is 11.8. The third kappa shape index (κ3) is 2.04. The summed E-state index contributed by atoms with van der Waals surface area (Å²) in [6.45, 7) is 4.13. The predicted molar refractivity (Wildman–Crippen MR) is 56.0 cm³/mol. The van der Waals surface area contributed by atoms with Gasteiger partial charge >= 0.3 is 0 Å². The Hall–Kier alpha value is -0.260. The van der Waals surface area contributed by atoms with E-state index < -0.39 is 5.72 Å². The molecule has 0 radical (unpaired) electrons. The lowest BCUT2D eigenvalue weighted by atomic mass is 10.2. The Morgan fingerprint density at radius 3 is 2.79 bits per heavy atom. The zero-order chi connectivity index (χ0) is 10.8. The molecule has 0 aliphatic carbocycles. The molecule has 0 aromatic rings. The van der Waals surface area contributed by atoms with Crippen molar-refractivity contribution in [2.45, 2.75) is 31.2 Å². The maximum absolute atomic E-state index is 11.5. The highest BCUT2D eigenvalue weighted by atomic mass is 32.2. The number of carbonyl (C=O) groups excluding carboxylic acids is 1. The standard InChI is InChI=1S/C9H17NO3S/c1-3-10-8(12)6-7(9(10,2)13)14-5-4-11/h7,11,13H,3-6H2,1-2H3. The quantitative estimate of drug-likeness (QED) is 0.701. The summed E-state index contributed by atoms with van der Waals surface area (Å²) in [6, 6.07) is 0. The van der Waals surface area contributed by atoms with Crippen LogP contribution in [0.15, 0.2) is 0 Å². The SMILES string of the molecule is CCN1C(=O)CC(SCCO)C1(C)O. The highest BCUT2D eigenvalue weighted by Gasteiger charge is 2.47. The average Bonchev–Trinajstić information content (AvgIpc) is 2.33. The second kappa shape index (κ2) is 4.51. The molecule has 1 saturated heterocycles. The summed E-state index contributed by atoms with van der Waals surface area (Å²) in [5.41, 5.74) is -1.06. The van der Waals surface area contributed by atoms with Crippen LogP contribution in [0.4, 0.5) is 0 Å². The van der Waals surface area contributed by atoms with Gasteiger partial charge in [-0.05, 0) is 13.8 Å². The van der Waals surface area contributed by atoms with Crippen LogP contribution in [-0.2, 0) is 4.79 Å². The second-order valence-corrected chi connectivity index (χ2v) is 4.83. The lowest BCUT2D eigenvalue weighted by molar-refractivity contribution is -0.141. The molecular weight excluding hydrogens is 202 g/mol. The molecule has 0 aromatic heterocycles. The van der Waals surface area contributed by atoms with Crippen LogP contribution < -0.4 is 0 Å². The summed E-state index contributed by atoms with van der Waals surface area (Å²) in [5.74, 6) is 0.555. The van der Waals surface area contributed by atoms with E-state index >= 15 is 0 Å². The van der Waals surface area contributed by atoms with Crippen LogP contribution in [0.1, 0.15) is 20.3 Å². The van der Waals surface area contributed by atoms with Gasteiger partial charge in [-0.1, -0.05) is 0 Å². The molecule has 1 fully saturated rings. The normalized spacial score (nSPS) is 32.7. The minimum atomic E-state index is -1.06. The summed E-state index contributed by atoms with van der Waals surface area (Å²) in [6.07, 6.45) is 0.367. The number of rotatable bonds is 4. The van der Waals surface area contributed by atoms with E-state index in [1.807, 2.05) is 6.92 Å². The molecule has 0 spiro atoms. The smallest absolute Gasteiger partial charge is 0.226 e. The van der Waals surface area contributed by atoms with Crippen molar-refractivity contribution in [2.24, 2.45) is 0 Å². The Morgan fingerprint density at radius 1 is 1.71 bits per heavy atom. The van der Waals surface area contributed by atoms with Crippen LogP contribution in [0, 0.1) is 0 Å². The second-order valence-electron chi connectivity index (χ2n) is 3.52. The van der Waals surface area contributed by atoms with E-state index in [1.165, 1.54) is 16.7 Å². The molecule has 0 bridgehead atoms. The van der Waals surface area contributed by atoms with Crippen LogP contribution in [0.5, 0.6) is 0 Å². The zero-order valence-electron chi connectivity index (χ0n) is 8.56. The molecule has 4 nitrogen and oxygen atoms in total. The van der Waals surface area contributed by atoms with Crippen molar-refractivity contribution in [2.75, 3.05) is 18.9 Å². The molecule has 0 saturated carbocycles. The van der Waals surface area contributed by atoms with Gasteiger partial charge in [0.2, 0.25) is 5.91 Å². The van der Waals surface area contributed by atoms with Crippen molar-refractivity contribution >= 4 is 17.7 Å². The van der Waals surface area contributed by atoms with Crippen LogP contribution in [0.25, 0.3) is 0 Å². The first-order valence-corrected chi connectivity index (χ1v) is 5.84. The molecule has 0 aromatic carbocycles. The number of carbonyl (C=O) groups is 1. The predicted octanol–water partition coefficient (Wildman–Crippen LogP) is 0.0412. The van der Waals surface area contributed by atoms with E-state index in [2.05, 4.69) is 0 Å². The molecule has 2 N–H and O–H groups in total. The first-order valence-electron chi connectivity index (χ1n) is 4.79. The Kier molecular flexibility index (Phi) is 3.80. The zero-order valence-corrected chi connectivity index (χ0v) is 9.38. The fourth-order valence-corrected chi connectivity index (χ4v) is 2.89. The van der Waals surface area contributed by atoms with E-state index in [1.54, 1.807) is 6.92 Å². The van der Waals surface area contributed by atoms with E-state index in [0.717, 1.165) is 0 Å². The number of hydrogen-bond acceptors (Lipinski definition) is 4. The van der Waals surface area contributed by atoms with Gasteiger partial charge in [0.15, 0.2) is 0 Å². The Morgan fingerprint density at radius 2 is 2.36 bits per heavy atom. The highest BCUT2D eigenvalue weighted by molar-refractivity contribution is 8.00. The first-order chi connectivity index (χ1) is 6.54. The molecule has 1 rings (SSSR count). The maximum Gasteiger partial charge on any atom is 0.226 e. The van der Waals surface area contributed by atoms with Crippen molar-refractivity contribution < 1.29 is 15.0 Å². The molecule has 2 atom stereocenters. The van der Waals surface area contributed by atoms with Gasteiger partial charge in [0.05, 0.1) is 11.9 Å². The molecule has 2 unspecified atom stereocenters. The van der Waals surface area contributed by atoms with Crippen LogP contribution in [0.3, 0.4) is 0 Å². The number of nitrogens with zero attached hydrogens (tertiary/aromatic N) is 1. The summed E-state index contributed by atoms with van der Waals surface area (Å²) >= 11 is 1.45. The van der Waals surface area contributed by atoms with Gasteiger partial charge in [-0.2, -0.15) is 11.8 Å². The van der Waals surface area contributed by atoms with Crippen LogP contribution in [0.2, 0.25) is 0 Å². The molecule has 1 aliphatic heterocycles. The molecule has 82 valence electrons. The van der Waals surface area contributed by atoms with E-state index in [-0.39, 0.29) is 17.8 Å². The Bertz CT molecular complexity index is 220. The Labute approximate surface area is 88.3 Å². The highest BCUT2D eigenvalue weighted by Crippen LogP contribution is 2.36. The minimum Gasteiger partial charge on any atom is -0.396 e. The topological polar surface area (TPSA) is 60.8 Å². The third-order valence-electron chi connectivity index (χ3n) is 2.54. The van der Waals surface area contributed by atoms with E-state index in [9.17, 15) is 9.90 Å². The molecule has 14 heavy (non-hydrogen) atoms. The molecule has 1 aliphatic rings. The van der Waals surface area contributed by atoms with Gasteiger partial charge in [0, 0.05) is 18.7 Å². The van der Waals surface area contributed by atoms with Gasteiger partial charge in [0.1, 0.15) is 5.72 Å². The van der Waals surface area contributed by atoms with Gasteiger partial charge in [-0.15, -0.1) is 0 Å². The number of aliphatic hydroxyl groups is 2. The number of aliphatic hydroxyl groups excluding tert-OH is 1. The fourth-order valence-electron chi connectivity index (χ4n) is 1.80. The van der Waals surface area contributed by atoms with E-state index in [0.29, 0.717) is 18.7 Å². The van der Waals surface area contributed by atoms with Gasteiger partial charge in [-0.3, -0.25) is 4.79 Å². The van der Waals surface area contributed by atoms with Crippen LogP contribution >= 0.6 is 11.8 Å². The van der Waals surface area contributed by atoms with Crippen molar-refractivity contribution in [1.82, 2.24) is 4.90 Å². The lowest BCUT2D eigenvalue weighted by Gasteiger charge is -2.33. The Balaban J connectivity index is 2.66. The molecule has 1 amide bonds. The van der Waals surface area contributed by atoms with Gasteiger partial charge in [0.25, 0.3) is 0 Å². The van der Waals surface area contributed by atoms with Crippen molar-refractivity contribution in [1.29, 1.82) is 0 Å². The van der Waals surface area contributed by atoms with Crippen LogP contribution in [-0.4, -0.2) is 50.9 Å². The minimum absolute atomic E-state index is 0.00654. The molecular formula is C9H17NO3S. The summed E-state index contributed by atoms with van der Waals surface area (Å²) in [4.78, 5) is 13.0. The van der Waals surface area contributed by atoms with Crippen molar-refractivity contribution in [3.8, 4) is 0 Å². The summed E-state index contributed by atoms with van der Waals surface area (Å²) < 4.78 is 0. The fraction of sp³-hybridized carbons (Fsp3) is 0.889. The third-order valence-corrected chi connectivity index (χ3v) is 3.98. The monoisotopic (exact) mass is 219 g/mol. The molecule has 1 heterocycles. The number of amides is 1. The molecule has 5 heteroatoms. The summed E-state index contributed by atoms with van der Waals surface area (Å²) in [5, 5.41) is 18.7. The van der Waals surface area contributed by atoms with Gasteiger partial charge < -0.3 is 15.1 Å². The summed E-state index contributed by atoms with van der Waals surface area (Å²) in [7, 11) is 0. The van der Waals surface area contributed by atoms with Crippen molar-refractivity contribution in [3.63, 3.8) is 0 Å². The van der Waals surface area contributed by atoms with Gasteiger partial charge in [-0.25, -0.2) is 0 Å². The van der Waals surface area contributed by atoms with E-state index in [4.69, 9.17) is 5.11 Å². The number of likely N-dealkylation sites (tertiary alicyclic amines) is 1. The maximum atomic E-state index is 11.5. The van der Waals surface area contributed by atoms with Crippen molar-refractivity contribution in [3.05, 3.63) is 0 Å². The number of thioether (sulfide) groups is 1.